The zero-order valence-corrected chi connectivity index (χ0v) is 57.0. The van der Waals surface area contributed by atoms with Crippen molar-refractivity contribution >= 4 is 0 Å². The van der Waals surface area contributed by atoms with Gasteiger partial charge in [-0.2, -0.15) is 95.1 Å². The summed E-state index contributed by atoms with van der Waals surface area (Å²) in [5.74, 6) is 0. The van der Waals surface area contributed by atoms with Gasteiger partial charge in [-0.15, -0.1) is 55.3 Å². The van der Waals surface area contributed by atoms with Crippen LogP contribution in [-0.4, -0.2) is 70.3 Å². The fourth-order valence-corrected chi connectivity index (χ4v) is 6.29. The predicted octanol–water partition coefficient (Wildman–Crippen LogP) is 8.16. The molecule has 0 amide bonds. The third-order valence-corrected chi connectivity index (χ3v) is 10.6. The van der Waals surface area contributed by atoms with Crippen molar-refractivity contribution in [2.45, 2.75) is 114 Å². The zero-order chi connectivity index (χ0) is 47.3. The summed E-state index contributed by atoms with van der Waals surface area (Å²) in [6.45, 7) is 22.5. The number of benzene rings is 4. The van der Waals surface area contributed by atoms with Gasteiger partial charge in [0.15, 0.2) is 0 Å². The number of aromatic nitrogens is 15. The molecular formula is C51H60N15Y5-5. The normalized spacial score (nSPS) is 9.66. The van der Waals surface area contributed by atoms with Crippen molar-refractivity contribution in [3.8, 4) is 11.4 Å². The molecule has 0 saturated carbocycles. The van der Waals surface area contributed by atoms with Gasteiger partial charge in [-0.1, -0.05) is 102 Å². The molecule has 359 valence electrons. The largest absolute Gasteiger partial charge is 0.358 e. The number of rotatable bonds is 11. The van der Waals surface area contributed by atoms with E-state index in [0.717, 1.165) is 90.6 Å². The van der Waals surface area contributed by atoms with Crippen LogP contribution in [0.5, 0.6) is 0 Å². The fourth-order valence-electron chi connectivity index (χ4n) is 6.29. The van der Waals surface area contributed by atoms with Crippen LogP contribution in [0.3, 0.4) is 0 Å². The second-order valence-electron chi connectivity index (χ2n) is 15.3. The molecule has 0 saturated heterocycles. The van der Waals surface area contributed by atoms with Crippen LogP contribution in [0.15, 0.2) is 97.7 Å². The van der Waals surface area contributed by atoms with Crippen molar-refractivity contribution in [2.24, 2.45) is 0 Å². The summed E-state index contributed by atoms with van der Waals surface area (Å²) >= 11 is 0. The molecule has 4 aromatic carbocycles. The van der Waals surface area contributed by atoms with Crippen LogP contribution in [0.25, 0.3) is 11.4 Å². The zero-order valence-electron chi connectivity index (χ0n) is 42.8. The molecular weight excluding hydrogens is 1270 g/mol. The van der Waals surface area contributed by atoms with Crippen LogP contribution in [0, 0.1) is 58.9 Å². The molecule has 9 aromatic rings. The van der Waals surface area contributed by atoms with Crippen LogP contribution < -0.4 is 5.10 Å². The van der Waals surface area contributed by atoms with Gasteiger partial charge in [0.1, 0.15) is 0 Å². The van der Waals surface area contributed by atoms with Gasteiger partial charge in [0.05, 0.1) is 35.2 Å². The van der Waals surface area contributed by atoms with E-state index < -0.39 is 0 Å². The molecule has 15 nitrogen and oxygen atoms in total. The van der Waals surface area contributed by atoms with Crippen LogP contribution in [-0.2, 0) is 209 Å². The standard InChI is InChI=1S/C15H20N3.2C11H12N3.C10H10N3.C4H6N3.5Y/c1-6-14-8-18(17-16-14)9-15-12(4)10(2)7-11(3)13(15)5;1-3-10-8-14(13-12-10)11-7-5-4-6-9(11)2;1-2-11-9-14(13-12-11)8-10-6-4-3-5-7-10;1-2-9-8-13(12-11-9)10-6-4-3-5-7-10;1-2-4-3-5-7-6-4;;;;;/h8H,6,9H2,1-5H3;5-8H,3H2,1-2H3;4-7,9H,2,8H2,1H3;4-8H,2H2,1H3;3H,2H2,1H3;;;;;/q5*-1;;;;;. The Morgan fingerprint density at radius 3 is 1.38 bits per heavy atom. The summed E-state index contributed by atoms with van der Waals surface area (Å²) in [5.41, 5.74) is 15.9. The predicted molar refractivity (Wildman–Crippen MR) is 255 cm³/mol. The summed E-state index contributed by atoms with van der Waals surface area (Å²) in [6, 6.07) is 33.7. The van der Waals surface area contributed by atoms with Crippen LogP contribution in [0.1, 0.15) is 102 Å². The first-order valence-electron chi connectivity index (χ1n) is 22.3. The van der Waals surface area contributed by atoms with E-state index in [0.29, 0.717) is 0 Å². The maximum atomic E-state index is 4.18. The summed E-state index contributed by atoms with van der Waals surface area (Å²) < 4.78 is 7.36. The van der Waals surface area contributed by atoms with Gasteiger partial charge in [0.2, 0.25) is 0 Å². The molecule has 0 atom stereocenters. The van der Waals surface area contributed by atoms with Crippen LogP contribution >= 0.6 is 0 Å². The molecule has 5 radical (unpaired) electrons. The van der Waals surface area contributed by atoms with Crippen LogP contribution in [0.2, 0.25) is 0 Å². The maximum Gasteiger partial charge on any atom is 0.0828 e. The molecule has 5 aromatic heterocycles. The first kappa shape index (κ1) is 69.1. The first-order chi connectivity index (χ1) is 32.0. The van der Waals surface area contributed by atoms with E-state index in [9.17, 15) is 0 Å². The van der Waals surface area contributed by atoms with E-state index >= 15 is 0 Å². The monoisotopic (exact) mass is 1330 g/mol. The third kappa shape index (κ3) is 22.9. The summed E-state index contributed by atoms with van der Waals surface area (Å²) in [6.07, 6.45) is 14.2. The van der Waals surface area contributed by atoms with E-state index in [4.69, 9.17) is 0 Å². The Labute approximate surface area is 546 Å². The number of nitrogens with zero attached hydrogens (tertiary/aromatic N) is 15. The molecule has 0 N–H and O–H groups in total. The number of aryl methyl sites for hydroxylation is 8. The van der Waals surface area contributed by atoms with Crippen LogP contribution in [0.4, 0.5) is 0 Å². The number of hydrogen-bond acceptors (Lipinski definition) is 10. The third-order valence-electron chi connectivity index (χ3n) is 10.6. The summed E-state index contributed by atoms with van der Waals surface area (Å²) in [7, 11) is 0. The van der Waals surface area contributed by atoms with E-state index in [1.54, 1.807) is 10.9 Å². The van der Waals surface area contributed by atoms with Crippen molar-refractivity contribution in [2.75, 3.05) is 0 Å². The van der Waals surface area contributed by atoms with E-state index in [-0.39, 0.29) is 164 Å². The molecule has 0 fully saturated rings. The van der Waals surface area contributed by atoms with E-state index in [1.165, 1.54) is 33.4 Å². The van der Waals surface area contributed by atoms with Gasteiger partial charge in [-0.3, -0.25) is 5.21 Å². The van der Waals surface area contributed by atoms with Gasteiger partial charge in [-0.25, -0.2) is 18.7 Å². The van der Waals surface area contributed by atoms with Crippen molar-refractivity contribution in [3.05, 3.63) is 189 Å². The Bertz CT molecular complexity index is 2740. The molecule has 9 rings (SSSR count). The summed E-state index contributed by atoms with van der Waals surface area (Å²) in [4.78, 5) is 0. The molecule has 0 aliphatic heterocycles. The van der Waals surface area contributed by atoms with Gasteiger partial charge >= 0.3 is 0 Å². The Hall–Kier alpha value is -1.90. The van der Waals surface area contributed by atoms with Crippen molar-refractivity contribution in [1.29, 1.82) is 0 Å². The Morgan fingerprint density at radius 1 is 0.479 bits per heavy atom. The molecule has 20 heteroatoms. The number of hydrogen-bond donors (Lipinski definition) is 0. The molecule has 5 heterocycles. The SMILES string of the molecule is CCc1c[n-]nn1.CCc1cn(-c2cc[c-]cc2)nn1.CCc1cn(-c2cc[c-]cc2C)nn1.CCc1cn(Cc2c(C)c(C)[c-]c(C)c2C)nn1.CCc1cn(Cc2cc[c-]cc2)nn1.[Y].[Y].[Y].[Y].[Y]. The van der Waals surface area contributed by atoms with Gasteiger partial charge in [0.25, 0.3) is 0 Å². The van der Waals surface area contributed by atoms with Gasteiger partial charge in [0, 0.05) is 189 Å². The average Bonchev–Trinajstić information content (AvgIpc) is 4.23. The smallest absolute Gasteiger partial charge is 0.0828 e. The average molecular weight is 1330 g/mol. The van der Waals surface area contributed by atoms with E-state index in [2.05, 4.69) is 136 Å². The summed E-state index contributed by atoms with van der Waals surface area (Å²) in [5, 5.41) is 43.1. The molecule has 0 spiro atoms. The minimum absolute atomic E-state index is 0. The second-order valence-corrected chi connectivity index (χ2v) is 15.3. The Morgan fingerprint density at radius 2 is 0.930 bits per heavy atom. The van der Waals surface area contributed by atoms with Gasteiger partial charge < -0.3 is 10.2 Å². The fraction of sp³-hybridized carbons (Fsp3) is 0.333. The quantitative estimate of drug-likeness (QED) is 0.115. The molecule has 0 unspecified atom stereocenters. The van der Waals surface area contributed by atoms with Crippen molar-refractivity contribution in [1.82, 2.24) is 75.4 Å². The van der Waals surface area contributed by atoms with Crippen molar-refractivity contribution in [3.63, 3.8) is 0 Å². The minimum atomic E-state index is 0. The molecule has 0 bridgehead atoms. The topological polar surface area (TPSA) is 163 Å². The van der Waals surface area contributed by atoms with Gasteiger partial charge in [-0.05, 0) is 43.5 Å². The van der Waals surface area contributed by atoms with Crippen molar-refractivity contribution < 1.29 is 164 Å². The Kier molecular flexibility index (Phi) is 36.8. The first-order valence-corrected chi connectivity index (χ1v) is 22.3. The molecule has 0 aliphatic rings. The molecule has 0 aliphatic carbocycles. The van der Waals surface area contributed by atoms with E-state index in [1.807, 2.05) is 119 Å². The molecule has 71 heavy (non-hydrogen) atoms. The maximum absolute atomic E-state index is 4.18. The Balaban J connectivity index is 0.000000865. The second kappa shape index (κ2) is 37.8. The minimum Gasteiger partial charge on any atom is -0.358 e.